The van der Waals surface area contributed by atoms with Crippen LogP contribution < -0.4 is 10.6 Å². The first-order chi connectivity index (χ1) is 13.1. The average molecular weight is 390 g/mol. The number of benzene rings is 1. The topological polar surface area (TPSA) is 70.7 Å². The highest BCUT2D eigenvalue weighted by Gasteiger charge is 2.18. The molecule has 3 rings (SSSR count). The van der Waals surface area contributed by atoms with Crippen molar-refractivity contribution in [1.29, 1.82) is 0 Å². The van der Waals surface area contributed by atoms with Gasteiger partial charge in [0, 0.05) is 35.0 Å². The van der Waals surface area contributed by atoms with Gasteiger partial charge < -0.3 is 20.3 Å². The molecule has 1 aromatic carbocycles. The average Bonchev–Trinajstić information content (AvgIpc) is 3.24. The van der Waals surface area contributed by atoms with Crippen LogP contribution >= 0.6 is 11.8 Å². The molecule has 0 saturated carbocycles. The molecule has 2 amide bonds. The Morgan fingerprint density at radius 3 is 2.59 bits per heavy atom. The number of hydrogen-bond acceptors (Lipinski definition) is 5. The molecule has 0 radical (unpaired) electrons. The molecule has 27 heavy (non-hydrogen) atoms. The number of carbonyl (C=O) groups excluding carboxylic acids is 2. The molecule has 2 aliphatic rings. The molecular weight excluding hydrogens is 362 g/mol. The summed E-state index contributed by atoms with van der Waals surface area (Å²) >= 11 is 1.56. The van der Waals surface area contributed by atoms with Crippen molar-refractivity contribution in [2.45, 2.75) is 32.2 Å². The second-order valence-corrected chi connectivity index (χ2v) is 7.85. The summed E-state index contributed by atoms with van der Waals surface area (Å²) in [5.74, 6) is 0.837. The summed E-state index contributed by atoms with van der Waals surface area (Å²) in [7, 11) is 0. The second kappa shape index (κ2) is 9.80. The molecule has 1 unspecified atom stereocenters. The number of thioether (sulfide) groups is 1. The Bertz CT molecular complexity index is 684. The van der Waals surface area contributed by atoms with E-state index >= 15 is 0 Å². The van der Waals surface area contributed by atoms with E-state index in [0.29, 0.717) is 36.2 Å². The summed E-state index contributed by atoms with van der Waals surface area (Å²) < 4.78 is 5.33. The molecule has 6 nitrogen and oxygen atoms in total. The van der Waals surface area contributed by atoms with Crippen LogP contribution in [0.2, 0.25) is 0 Å². The Kier molecular flexibility index (Phi) is 7.18. The van der Waals surface area contributed by atoms with Gasteiger partial charge in [0.25, 0.3) is 11.8 Å². The van der Waals surface area contributed by atoms with Gasteiger partial charge in [0.15, 0.2) is 5.76 Å². The van der Waals surface area contributed by atoms with Crippen LogP contribution in [0.25, 0.3) is 0 Å². The van der Waals surface area contributed by atoms with Crippen LogP contribution in [0.5, 0.6) is 0 Å². The summed E-state index contributed by atoms with van der Waals surface area (Å²) in [5.41, 5.74) is 1.23. The fourth-order valence-corrected chi connectivity index (χ4v) is 3.87. The quantitative estimate of drug-likeness (QED) is 0.750. The lowest BCUT2D eigenvalue weighted by molar-refractivity contribution is -0.116. The van der Waals surface area contributed by atoms with Crippen LogP contribution in [0.15, 0.2) is 35.4 Å². The summed E-state index contributed by atoms with van der Waals surface area (Å²) in [4.78, 5) is 26.9. The summed E-state index contributed by atoms with van der Waals surface area (Å²) in [6, 6.07) is 7.41. The molecule has 7 heteroatoms. The highest BCUT2D eigenvalue weighted by atomic mass is 32.2. The Morgan fingerprint density at radius 1 is 1.19 bits per heavy atom. The van der Waals surface area contributed by atoms with Crippen molar-refractivity contribution < 1.29 is 14.3 Å². The number of carbonyl (C=O) groups is 2. The van der Waals surface area contributed by atoms with Crippen LogP contribution in [0.4, 0.5) is 5.69 Å². The fourth-order valence-electron chi connectivity index (χ4n) is 3.25. The zero-order chi connectivity index (χ0) is 19.1. The zero-order valence-corrected chi connectivity index (χ0v) is 16.5. The highest BCUT2D eigenvalue weighted by Crippen LogP contribution is 2.18. The summed E-state index contributed by atoms with van der Waals surface area (Å²) in [5, 5.41) is 7.49. The molecule has 1 fully saturated rings. The molecule has 1 saturated heterocycles. The van der Waals surface area contributed by atoms with E-state index in [2.05, 4.69) is 22.5 Å². The largest absolute Gasteiger partial charge is 0.487 e. The minimum absolute atomic E-state index is 0.0868. The molecule has 0 bridgehead atoms. The number of anilines is 1. The normalized spacial score (nSPS) is 18.3. The maximum atomic E-state index is 12.3. The lowest BCUT2D eigenvalue weighted by Gasteiger charge is -2.23. The third-order valence-electron chi connectivity index (χ3n) is 4.89. The van der Waals surface area contributed by atoms with Crippen molar-refractivity contribution in [3.05, 3.63) is 41.0 Å². The second-order valence-electron chi connectivity index (χ2n) is 6.87. The lowest BCUT2D eigenvalue weighted by Crippen LogP contribution is -2.34. The summed E-state index contributed by atoms with van der Waals surface area (Å²) in [6.07, 6.45) is 3.51. The van der Waals surface area contributed by atoms with Gasteiger partial charge in [-0.3, -0.25) is 9.59 Å². The first-order valence-corrected chi connectivity index (χ1v) is 10.6. The minimum atomic E-state index is -0.268. The van der Waals surface area contributed by atoms with E-state index in [0.717, 1.165) is 12.2 Å². The van der Waals surface area contributed by atoms with Gasteiger partial charge in [-0.15, -0.1) is 11.8 Å². The van der Waals surface area contributed by atoms with E-state index in [4.69, 9.17) is 4.74 Å². The van der Waals surface area contributed by atoms with Crippen molar-refractivity contribution in [2.24, 2.45) is 0 Å². The zero-order valence-electron chi connectivity index (χ0n) is 15.7. The lowest BCUT2D eigenvalue weighted by atomic mass is 10.1. The Labute approximate surface area is 164 Å². The highest BCUT2D eigenvalue weighted by molar-refractivity contribution is 8.02. The van der Waals surface area contributed by atoms with E-state index < -0.39 is 0 Å². The fraction of sp³-hybridized carbons (Fsp3) is 0.500. The molecule has 2 heterocycles. The SMILES string of the molecule is CC(CCNC(=O)c1ccc(NC(=O)C2=CSCCO2)cc1)N1CCCC1. The standard InChI is InChI=1S/C20H27N3O3S/c1-15(23-10-2-3-11-23)8-9-21-19(24)16-4-6-17(7-5-16)22-20(25)18-14-27-13-12-26-18/h4-7,14-15H,2-3,8-13H2,1H3,(H,21,24)(H,22,25). The predicted molar refractivity (Wildman–Crippen MR) is 109 cm³/mol. The number of rotatable bonds is 7. The third-order valence-corrected chi connectivity index (χ3v) is 5.67. The monoisotopic (exact) mass is 389 g/mol. The first kappa shape index (κ1) is 19.8. The van der Waals surface area contributed by atoms with Gasteiger partial charge in [0.2, 0.25) is 0 Å². The molecule has 2 N–H and O–H groups in total. The van der Waals surface area contributed by atoms with Crippen LogP contribution in [-0.2, 0) is 9.53 Å². The van der Waals surface area contributed by atoms with Crippen molar-refractivity contribution >= 4 is 29.3 Å². The molecule has 1 atom stereocenters. The van der Waals surface area contributed by atoms with Gasteiger partial charge in [0.05, 0.1) is 6.61 Å². The Morgan fingerprint density at radius 2 is 1.93 bits per heavy atom. The van der Waals surface area contributed by atoms with E-state index in [1.807, 2.05) is 0 Å². The van der Waals surface area contributed by atoms with Gasteiger partial charge in [0.1, 0.15) is 0 Å². The summed E-state index contributed by atoms with van der Waals surface area (Å²) in [6.45, 7) is 5.77. The van der Waals surface area contributed by atoms with Gasteiger partial charge in [-0.25, -0.2) is 0 Å². The Hall–Kier alpha value is -1.99. The number of nitrogens with one attached hydrogen (secondary N) is 2. The molecule has 146 valence electrons. The Balaban J connectivity index is 1.44. The van der Waals surface area contributed by atoms with Crippen molar-refractivity contribution in [3.8, 4) is 0 Å². The van der Waals surface area contributed by atoms with Crippen LogP contribution in [0.1, 0.15) is 36.5 Å². The van der Waals surface area contributed by atoms with Gasteiger partial charge in [-0.1, -0.05) is 0 Å². The van der Waals surface area contributed by atoms with E-state index in [-0.39, 0.29) is 11.8 Å². The number of nitrogens with zero attached hydrogens (tertiary/aromatic N) is 1. The van der Waals surface area contributed by atoms with E-state index in [9.17, 15) is 9.59 Å². The maximum absolute atomic E-state index is 12.3. The number of amides is 2. The van der Waals surface area contributed by atoms with Gasteiger partial charge >= 0.3 is 0 Å². The first-order valence-electron chi connectivity index (χ1n) is 9.52. The molecule has 0 aliphatic carbocycles. The molecule has 0 spiro atoms. The van der Waals surface area contributed by atoms with Gasteiger partial charge in [-0.2, -0.15) is 0 Å². The van der Waals surface area contributed by atoms with E-state index in [1.54, 1.807) is 41.4 Å². The van der Waals surface area contributed by atoms with Gasteiger partial charge in [-0.05, 0) is 63.5 Å². The molecule has 2 aliphatic heterocycles. The van der Waals surface area contributed by atoms with E-state index in [1.165, 1.54) is 25.9 Å². The van der Waals surface area contributed by atoms with Crippen LogP contribution in [0, 0.1) is 0 Å². The maximum Gasteiger partial charge on any atom is 0.291 e. The smallest absolute Gasteiger partial charge is 0.291 e. The third kappa shape index (κ3) is 5.74. The predicted octanol–water partition coefficient (Wildman–Crippen LogP) is 2.83. The molecule has 1 aromatic rings. The van der Waals surface area contributed by atoms with Crippen LogP contribution in [-0.4, -0.2) is 54.8 Å². The molecule has 0 aromatic heterocycles. The number of hydrogen-bond donors (Lipinski definition) is 2. The van der Waals surface area contributed by atoms with Crippen molar-refractivity contribution in [1.82, 2.24) is 10.2 Å². The van der Waals surface area contributed by atoms with Crippen molar-refractivity contribution in [3.63, 3.8) is 0 Å². The van der Waals surface area contributed by atoms with Crippen molar-refractivity contribution in [2.75, 3.05) is 37.3 Å². The van der Waals surface area contributed by atoms with Crippen LogP contribution in [0.3, 0.4) is 0 Å². The number of ether oxygens (including phenoxy) is 1. The molecular formula is C20H27N3O3S. The number of likely N-dealkylation sites (tertiary alicyclic amines) is 1. The minimum Gasteiger partial charge on any atom is -0.487 e.